The SMILES string of the molecule is Cc1c(F)cc(F)cc1C(=O)Cl. The van der Waals surface area contributed by atoms with Gasteiger partial charge in [-0.05, 0) is 30.2 Å². The summed E-state index contributed by atoms with van der Waals surface area (Å²) >= 11 is 5.08. The molecule has 0 unspecified atom stereocenters. The van der Waals surface area contributed by atoms with Crippen LogP contribution in [0, 0.1) is 18.6 Å². The molecule has 0 aromatic heterocycles. The molecule has 12 heavy (non-hydrogen) atoms. The van der Waals surface area contributed by atoms with Gasteiger partial charge in [0.05, 0.1) is 0 Å². The lowest BCUT2D eigenvalue weighted by atomic mass is 10.1. The first-order valence-corrected chi connectivity index (χ1v) is 3.55. The van der Waals surface area contributed by atoms with Crippen LogP contribution in [0.15, 0.2) is 12.1 Å². The smallest absolute Gasteiger partial charge is 0.252 e. The van der Waals surface area contributed by atoms with Gasteiger partial charge >= 0.3 is 0 Å². The van der Waals surface area contributed by atoms with Gasteiger partial charge in [-0.3, -0.25) is 4.79 Å². The molecule has 0 aliphatic rings. The minimum absolute atomic E-state index is 0.0661. The first-order valence-electron chi connectivity index (χ1n) is 3.18. The molecule has 0 radical (unpaired) electrons. The van der Waals surface area contributed by atoms with E-state index in [9.17, 15) is 13.6 Å². The van der Waals surface area contributed by atoms with Gasteiger partial charge in [-0.1, -0.05) is 0 Å². The Hall–Kier alpha value is -0.960. The summed E-state index contributed by atoms with van der Waals surface area (Å²) in [5, 5.41) is -0.856. The van der Waals surface area contributed by atoms with Crippen molar-refractivity contribution in [1.82, 2.24) is 0 Å². The summed E-state index contributed by atoms with van der Waals surface area (Å²) in [7, 11) is 0. The number of rotatable bonds is 1. The van der Waals surface area contributed by atoms with E-state index in [2.05, 4.69) is 0 Å². The van der Waals surface area contributed by atoms with Crippen molar-refractivity contribution in [2.24, 2.45) is 0 Å². The van der Waals surface area contributed by atoms with Gasteiger partial charge in [0.25, 0.3) is 5.24 Å². The molecule has 0 spiro atoms. The zero-order valence-electron chi connectivity index (χ0n) is 6.20. The Morgan fingerprint density at radius 1 is 1.42 bits per heavy atom. The average Bonchev–Trinajstić information content (AvgIpc) is 1.96. The van der Waals surface area contributed by atoms with Crippen molar-refractivity contribution in [3.05, 3.63) is 34.9 Å². The van der Waals surface area contributed by atoms with Crippen LogP contribution in [0.4, 0.5) is 8.78 Å². The quantitative estimate of drug-likeness (QED) is 0.623. The van der Waals surface area contributed by atoms with E-state index >= 15 is 0 Å². The molecule has 0 bridgehead atoms. The van der Waals surface area contributed by atoms with E-state index in [1.165, 1.54) is 6.92 Å². The summed E-state index contributed by atoms with van der Waals surface area (Å²) in [6.07, 6.45) is 0. The van der Waals surface area contributed by atoms with Crippen LogP contribution >= 0.6 is 11.6 Å². The Morgan fingerprint density at radius 2 is 2.00 bits per heavy atom. The van der Waals surface area contributed by atoms with Gasteiger partial charge in [0.15, 0.2) is 0 Å². The average molecular weight is 191 g/mol. The van der Waals surface area contributed by atoms with Crippen molar-refractivity contribution in [2.75, 3.05) is 0 Å². The van der Waals surface area contributed by atoms with Crippen LogP contribution in [0.1, 0.15) is 15.9 Å². The molecule has 0 aliphatic carbocycles. The fraction of sp³-hybridized carbons (Fsp3) is 0.125. The number of carbonyl (C=O) groups is 1. The van der Waals surface area contributed by atoms with Crippen LogP contribution < -0.4 is 0 Å². The summed E-state index contributed by atoms with van der Waals surface area (Å²) < 4.78 is 25.3. The maximum atomic E-state index is 12.7. The zero-order chi connectivity index (χ0) is 9.30. The summed E-state index contributed by atoms with van der Waals surface area (Å²) in [6.45, 7) is 1.37. The molecule has 0 saturated carbocycles. The second-order valence-electron chi connectivity index (χ2n) is 2.33. The lowest BCUT2D eigenvalue weighted by Crippen LogP contribution is -1.97. The third-order valence-corrected chi connectivity index (χ3v) is 1.72. The Labute approximate surface area is 73.0 Å². The fourth-order valence-electron chi connectivity index (χ4n) is 0.850. The Balaban J connectivity index is 3.37. The van der Waals surface area contributed by atoms with Crippen LogP contribution in [0.2, 0.25) is 0 Å². The summed E-state index contributed by atoms with van der Waals surface area (Å²) in [6, 6.07) is 1.62. The molecule has 0 heterocycles. The molecule has 64 valence electrons. The first-order chi connectivity index (χ1) is 5.52. The van der Waals surface area contributed by atoms with Crippen molar-refractivity contribution in [3.63, 3.8) is 0 Å². The predicted octanol–water partition coefficient (Wildman–Crippen LogP) is 2.65. The Bertz CT molecular complexity index is 336. The third-order valence-electron chi connectivity index (χ3n) is 1.52. The molecule has 0 saturated heterocycles. The summed E-state index contributed by atoms with van der Waals surface area (Å²) in [5.41, 5.74) is -0.0643. The standard InChI is InChI=1S/C8H5ClF2O/c1-4-6(8(9)12)2-5(10)3-7(4)11/h2-3H,1H3. The maximum Gasteiger partial charge on any atom is 0.252 e. The second-order valence-corrected chi connectivity index (χ2v) is 2.68. The second kappa shape index (κ2) is 3.19. The van der Waals surface area contributed by atoms with Crippen LogP contribution in [0.3, 0.4) is 0 Å². The predicted molar refractivity (Wildman–Crippen MR) is 41.3 cm³/mol. The minimum Gasteiger partial charge on any atom is -0.276 e. The Morgan fingerprint density at radius 3 is 2.50 bits per heavy atom. The molecule has 0 aliphatic heterocycles. The molecule has 0 atom stereocenters. The molecule has 0 N–H and O–H groups in total. The highest BCUT2D eigenvalue weighted by Gasteiger charge is 2.11. The molecular weight excluding hydrogens is 186 g/mol. The highest BCUT2D eigenvalue weighted by atomic mass is 35.5. The van der Waals surface area contributed by atoms with E-state index in [1.807, 2.05) is 0 Å². The molecule has 1 rings (SSSR count). The van der Waals surface area contributed by atoms with E-state index in [-0.39, 0.29) is 11.1 Å². The van der Waals surface area contributed by atoms with E-state index in [0.717, 1.165) is 6.07 Å². The van der Waals surface area contributed by atoms with Crippen molar-refractivity contribution in [1.29, 1.82) is 0 Å². The largest absolute Gasteiger partial charge is 0.276 e. The molecule has 1 aromatic rings. The number of carbonyl (C=O) groups excluding carboxylic acids is 1. The fourth-order valence-corrected chi connectivity index (χ4v) is 1.05. The van der Waals surface area contributed by atoms with Gasteiger partial charge < -0.3 is 0 Å². The van der Waals surface area contributed by atoms with Gasteiger partial charge in [-0.15, -0.1) is 0 Å². The number of hydrogen-bond donors (Lipinski definition) is 0. The molecule has 0 fully saturated rings. The molecular formula is C8H5ClF2O. The van der Waals surface area contributed by atoms with Crippen molar-refractivity contribution < 1.29 is 13.6 Å². The van der Waals surface area contributed by atoms with Gasteiger partial charge in [-0.2, -0.15) is 0 Å². The summed E-state index contributed by atoms with van der Waals surface area (Å²) in [4.78, 5) is 10.6. The zero-order valence-corrected chi connectivity index (χ0v) is 6.95. The van der Waals surface area contributed by atoms with E-state index in [0.29, 0.717) is 6.07 Å². The van der Waals surface area contributed by atoms with E-state index in [4.69, 9.17) is 11.6 Å². The number of hydrogen-bond acceptors (Lipinski definition) is 1. The first kappa shape index (κ1) is 9.13. The highest BCUT2D eigenvalue weighted by molar-refractivity contribution is 6.67. The number of benzene rings is 1. The third kappa shape index (κ3) is 1.61. The van der Waals surface area contributed by atoms with Gasteiger partial charge in [0, 0.05) is 11.6 Å². The van der Waals surface area contributed by atoms with E-state index < -0.39 is 16.9 Å². The van der Waals surface area contributed by atoms with Crippen LogP contribution in [0.25, 0.3) is 0 Å². The minimum atomic E-state index is -0.856. The molecule has 1 aromatic carbocycles. The van der Waals surface area contributed by atoms with Crippen molar-refractivity contribution in [2.45, 2.75) is 6.92 Å². The van der Waals surface area contributed by atoms with Gasteiger partial charge in [0.2, 0.25) is 0 Å². The van der Waals surface area contributed by atoms with Gasteiger partial charge in [-0.25, -0.2) is 8.78 Å². The van der Waals surface area contributed by atoms with Crippen LogP contribution in [-0.4, -0.2) is 5.24 Å². The monoisotopic (exact) mass is 190 g/mol. The van der Waals surface area contributed by atoms with Crippen molar-refractivity contribution >= 4 is 16.8 Å². The lowest BCUT2D eigenvalue weighted by Gasteiger charge is -2.01. The van der Waals surface area contributed by atoms with Crippen molar-refractivity contribution in [3.8, 4) is 0 Å². The number of halogens is 3. The van der Waals surface area contributed by atoms with E-state index in [1.54, 1.807) is 0 Å². The molecule has 1 nitrogen and oxygen atoms in total. The molecule has 0 amide bonds. The highest BCUT2D eigenvalue weighted by Crippen LogP contribution is 2.16. The maximum absolute atomic E-state index is 12.7. The topological polar surface area (TPSA) is 17.1 Å². The lowest BCUT2D eigenvalue weighted by molar-refractivity contribution is 0.108. The van der Waals surface area contributed by atoms with Crippen LogP contribution in [-0.2, 0) is 0 Å². The normalized spacial score (nSPS) is 10.0. The molecule has 4 heteroatoms. The van der Waals surface area contributed by atoms with Crippen LogP contribution in [0.5, 0.6) is 0 Å². The summed E-state index contributed by atoms with van der Waals surface area (Å²) in [5.74, 6) is -1.57. The Kier molecular flexibility index (Phi) is 2.43. The van der Waals surface area contributed by atoms with Gasteiger partial charge in [0.1, 0.15) is 11.6 Å².